The van der Waals surface area contributed by atoms with E-state index >= 15 is 0 Å². The second kappa shape index (κ2) is 8.49. The fourth-order valence-corrected chi connectivity index (χ4v) is 3.28. The van der Waals surface area contributed by atoms with Gasteiger partial charge in [-0.25, -0.2) is 14.5 Å². The van der Waals surface area contributed by atoms with Crippen LogP contribution in [0.3, 0.4) is 0 Å². The van der Waals surface area contributed by atoms with Crippen LogP contribution in [0.4, 0.5) is 10.5 Å². The number of ether oxygens (including phenoxy) is 1. The highest BCUT2D eigenvalue weighted by molar-refractivity contribution is 6.32. The first kappa shape index (κ1) is 20.4. The van der Waals surface area contributed by atoms with E-state index in [-0.39, 0.29) is 5.70 Å². The van der Waals surface area contributed by atoms with Crippen LogP contribution >= 0.6 is 11.6 Å². The first-order chi connectivity index (χ1) is 15.0. The Labute approximate surface area is 182 Å². The van der Waals surface area contributed by atoms with Crippen LogP contribution in [0.15, 0.2) is 70.8 Å². The number of halogens is 1. The summed E-state index contributed by atoms with van der Waals surface area (Å²) in [6.45, 7) is 2.05. The minimum absolute atomic E-state index is 0.0866. The molecule has 0 aliphatic carbocycles. The van der Waals surface area contributed by atoms with Crippen molar-refractivity contribution in [3.8, 4) is 11.3 Å². The van der Waals surface area contributed by atoms with Gasteiger partial charge in [0.05, 0.1) is 17.9 Å². The van der Waals surface area contributed by atoms with Gasteiger partial charge < -0.3 is 14.5 Å². The normalized spacial score (nSPS) is 14.8. The molecule has 1 saturated heterocycles. The van der Waals surface area contributed by atoms with E-state index in [9.17, 15) is 14.4 Å². The van der Waals surface area contributed by atoms with Crippen LogP contribution in [0.1, 0.15) is 23.0 Å². The molecule has 4 rings (SSSR count). The molecule has 156 valence electrons. The second-order valence-corrected chi connectivity index (χ2v) is 7.04. The van der Waals surface area contributed by atoms with Crippen molar-refractivity contribution in [2.24, 2.45) is 0 Å². The van der Waals surface area contributed by atoms with Gasteiger partial charge in [-0.15, -0.1) is 0 Å². The highest BCUT2D eigenvalue weighted by Gasteiger charge is 2.35. The number of amides is 3. The summed E-state index contributed by atoms with van der Waals surface area (Å²) >= 11 is 5.96. The van der Waals surface area contributed by atoms with Crippen molar-refractivity contribution in [1.82, 2.24) is 5.32 Å². The van der Waals surface area contributed by atoms with Gasteiger partial charge in [0.15, 0.2) is 0 Å². The number of hydrogen-bond acceptors (Lipinski definition) is 5. The minimum Gasteiger partial charge on any atom is -0.462 e. The summed E-state index contributed by atoms with van der Waals surface area (Å²) in [5.41, 5.74) is 1.66. The number of urea groups is 1. The van der Waals surface area contributed by atoms with Crippen molar-refractivity contribution in [3.63, 3.8) is 0 Å². The van der Waals surface area contributed by atoms with E-state index < -0.39 is 17.9 Å². The number of nitrogens with zero attached hydrogens (tertiary/aromatic N) is 1. The van der Waals surface area contributed by atoms with Crippen LogP contribution in [-0.2, 0) is 9.53 Å². The summed E-state index contributed by atoms with van der Waals surface area (Å²) in [4.78, 5) is 37.8. The van der Waals surface area contributed by atoms with Gasteiger partial charge in [-0.2, -0.15) is 0 Å². The summed E-state index contributed by atoms with van der Waals surface area (Å²) < 4.78 is 10.8. The SMILES string of the molecule is CCOC(=O)c1ccc(-c2ccc(/C=C3/NC(=O)N(c4cccc(Cl)c4)C3=O)o2)cc1. The van der Waals surface area contributed by atoms with Crippen molar-refractivity contribution < 1.29 is 23.5 Å². The molecule has 0 spiro atoms. The number of hydrogen-bond donors (Lipinski definition) is 1. The molecule has 0 radical (unpaired) electrons. The molecule has 1 fully saturated rings. The van der Waals surface area contributed by atoms with Crippen molar-refractivity contribution in [2.75, 3.05) is 11.5 Å². The Bertz CT molecular complexity index is 1200. The summed E-state index contributed by atoms with van der Waals surface area (Å²) in [6, 6.07) is 16.1. The van der Waals surface area contributed by atoms with E-state index in [0.717, 1.165) is 10.5 Å². The predicted molar refractivity (Wildman–Crippen MR) is 116 cm³/mol. The van der Waals surface area contributed by atoms with Crippen molar-refractivity contribution in [3.05, 3.63) is 82.7 Å². The molecule has 31 heavy (non-hydrogen) atoms. The van der Waals surface area contributed by atoms with E-state index in [1.165, 1.54) is 12.1 Å². The van der Waals surface area contributed by atoms with Gasteiger partial charge in [-0.05, 0) is 49.4 Å². The lowest BCUT2D eigenvalue weighted by atomic mass is 10.1. The third kappa shape index (κ3) is 4.22. The number of carbonyl (C=O) groups is 3. The second-order valence-electron chi connectivity index (χ2n) is 6.61. The van der Waals surface area contributed by atoms with Gasteiger partial charge in [0.2, 0.25) is 0 Å². The summed E-state index contributed by atoms with van der Waals surface area (Å²) in [5, 5.41) is 2.96. The number of imide groups is 1. The summed E-state index contributed by atoms with van der Waals surface area (Å²) in [6.07, 6.45) is 1.46. The fraction of sp³-hybridized carbons (Fsp3) is 0.0870. The lowest BCUT2D eigenvalue weighted by Gasteiger charge is -2.11. The van der Waals surface area contributed by atoms with Gasteiger partial charge in [-0.1, -0.05) is 29.8 Å². The Morgan fingerprint density at radius 3 is 2.61 bits per heavy atom. The van der Waals surface area contributed by atoms with Crippen LogP contribution in [0.5, 0.6) is 0 Å². The van der Waals surface area contributed by atoms with Crippen molar-refractivity contribution >= 4 is 41.3 Å². The lowest BCUT2D eigenvalue weighted by Crippen LogP contribution is -2.30. The predicted octanol–water partition coefficient (Wildman–Crippen LogP) is 4.87. The number of carbonyl (C=O) groups excluding carboxylic acids is 3. The Balaban J connectivity index is 1.54. The van der Waals surface area contributed by atoms with E-state index in [2.05, 4.69) is 5.32 Å². The molecule has 0 bridgehead atoms. The zero-order chi connectivity index (χ0) is 22.0. The topological polar surface area (TPSA) is 88.9 Å². The Hall–Kier alpha value is -3.84. The molecule has 8 heteroatoms. The maximum absolute atomic E-state index is 12.7. The molecular weight excluding hydrogens is 420 g/mol. The van der Waals surface area contributed by atoms with Crippen LogP contribution in [-0.4, -0.2) is 24.5 Å². The largest absolute Gasteiger partial charge is 0.462 e. The first-order valence-electron chi connectivity index (χ1n) is 9.46. The highest BCUT2D eigenvalue weighted by atomic mass is 35.5. The van der Waals surface area contributed by atoms with Gasteiger partial charge in [-0.3, -0.25) is 4.79 Å². The molecule has 0 saturated carbocycles. The molecule has 1 aromatic heterocycles. The van der Waals surface area contributed by atoms with E-state index in [0.29, 0.717) is 34.4 Å². The maximum atomic E-state index is 12.7. The third-order valence-corrected chi connectivity index (χ3v) is 4.77. The Kier molecular flexibility index (Phi) is 5.60. The molecule has 1 aliphatic rings. The van der Waals surface area contributed by atoms with Crippen LogP contribution in [0.25, 0.3) is 17.4 Å². The quantitative estimate of drug-likeness (QED) is 0.350. The summed E-state index contributed by atoms with van der Waals surface area (Å²) in [5.74, 6) is 0.0365. The molecular formula is C23H17ClN2O5. The number of benzene rings is 2. The van der Waals surface area contributed by atoms with Gasteiger partial charge >= 0.3 is 12.0 Å². The molecule has 1 aliphatic heterocycles. The van der Waals surface area contributed by atoms with Gasteiger partial charge in [0, 0.05) is 16.7 Å². The van der Waals surface area contributed by atoms with E-state index in [1.807, 2.05) is 0 Å². The molecule has 3 aromatic rings. The monoisotopic (exact) mass is 436 g/mol. The van der Waals surface area contributed by atoms with Crippen LogP contribution in [0.2, 0.25) is 5.02 Å². The third-order valence-electron chi connectivity index (χ3n) is 4.54. The molecule has 2 heterocycles. The molecule has 2 aromatic carbocycles. The standard InChI is InChI=1S/C23H17ClN2O5/c1-2-30-22(28)15-8-6-14(7-9-15)20-11-10-18(31-20)13-19-21(27)26(23(29)25-19)17-5-3-4-16(24)12-17/h3-13H,2H2,1H3,(H,25,29)/b19-13+. The number of anilines is 1. The average molecular weight is 437 g/mol. The highest BCUT2D eigenvalue weighted by Crippen LogP contribution is 2.27. The average Bonchev–Trinajstić information content (AvgIpc) is 3.33. The molecule has 0 atom stereocenters. The van der Waals surface area contributed by atoms with Gasteiger partial charge in [0.25, 0.3) is 5.91 Å². The Morgan fingerprint density at radius 1 is 1.13 bits per heavy atom. The van der Waals surface area contributed by atoms with Crippen LogP contribution < -0.4 is 10.2 Å². The number of furan rings is 1. The van der Waals surface area contributed by atoms with Gasteiger partial charge in [0.1, 0.15) is 17.2 Å². The Morgan fingerprint density at radius 2 is 1.90 bits per heavy atom. The van der Waals surface area contributed by atoms with Crippen LogP contribution in [0, 0.1) is 0 Å². The molecule has 7 nitrogen and oxygen atoms in total. The number of nitrogens with one attached hydrogen (secondary N) is 1. The first-order valence-corrected chi connectivity index (χ1v) is 9.84. The lowest BCUT2D eigenvalue weighted by molar-refractivity contribution is -0.113. The fourth-order valence-electron chi connectivity index (χ4n) is 3.10. The minimum atomic E-state index is -0.570. The summed E-state index contributed by atoms with van der Waals surface area (Å²) in [7, 11) is 0. The molecule has 1 N–H and O–H groups in total. The van der Waals surface area contributed by atoms with E-state index in [1.54, 1.807) is 61.5 Å². The number of rotatable bonds is 5. The molecule has 0 unspecified atom stereocenters. The van der Waals surface area contributed by atoms with E-state index in [4.69, 9.17) is 20.8 Å². The smallest absolute Gasteiger partial charge is 0.338 e. The van der Waals surface area contributed by atoms with Crippen molar-refractivity contribution in [1.29, 1.82) is 0 Å². The maximum Gasteiger partial charge on any atom is 0.338 e. The zero-order valence-electron chi connectivity index (χ0n) is 16.4. The van der Waals surface area contributed by atoms with Crippen molar-refractivity contribution in [2.45, 2.75) is 6.92 Å². The zero-order valence-corrected chi connectivity index (χ0v) is 17.2. The number of esters is 1. The molecule has 3 amide bonds.